The Kier molecular flexibility index (Phi) is 9.98. The highest BCUT2D eigenvalue weighted by Gasteiger charge is 2.40. The van der Waals surface area contributed by atoms with E-state index < -0.39 is 11.5 Å². The lowest BCUT2D eigenvalue weighted by atomic mass is 9.79. The summed E-state index contributed by atoms with van der Waals surface area (Å²) in [4.78, 5) is 18.1. The topological polar surface area (TPSA) is 80.0 Å². The molecule has 1 aromatic heterocycles. The highest BCUT2D eigenvalue weighted by Crippen LogP contribution is 2.36. The molecule has 4 N–H and O–H groups in total. The fourth-order valence-corrected chi connectivity index (χ4v) is 5.14. The Morgan fingerprint density at radius 3 is 2.34 bits per heavy atom. The van der Waals surface area contributed by atoms with Crippen molar-refractivity contribution in [2.45, 2.75) is 63.5 Å². The number of carbonyl (C=O) groups is 1. The van der Waals surface area contributed by atoms with Crippen LogP contribution in [0.4, 0.5) is 13.6 Å². The molecule has 0 spiro atoms. The number of nitrogens with zero attached hydrogens (tertiary/aromatic N) is 1. The van der Waals surface area contributed by atoms with Gasteiger partial charge >= 0.3 is 6.03 Å². The first-order valence-electron chi connectivity index (χ1n) is 12.7. The van der Waals surface area contributed by atoms with Crippen LogP contribution in [0.2, 0.25) is 0 Å². The van der Waals surface area contributed by atoms with Gasteiger partial charge in [-0.2, -0.15) is 0 Å². The summed E-state index contributed by atoms with van der Waals surface area (Å²) in [6.07, 6.45) is 7.40. The summed E-state index contributed by atoms with van der Waals surface area (Å²) in [5.41, 5.74) is 6.42. The number of amides is 2. The van der Waals surface area contributed by atoms with Crippen molar-refractivity contribution >= 4 is 20.6 Å². The number of rotatable bonds is 7. The first-order valence-corrected chi connectivity index (χ1v) is 13.3. The SMILES string of the molecule is C=CN.Cc1ccc(C(Cc2ccccc2)(NC(=O)NC2CCCC2)c2cc(P)cc(C(C)(F)F)c2)nc1. The van der Waals surface area contributed by atoms with E-state index in [0.717, 1.165) is 43.7 Å². The lowest BCUT2D eigenvalue weighted by Crippen LogP contribution is -2.54. The molecule has 2 atom stereocenters. The minimum atomic E-state index is -3.04. The first-order chi connectivity index (χ1) is 18.1. The van der Waals surface area contributed by atoms with Gasteiger partial charge in [-0.1, -0.05) is 55.8 Å². The largest absolute Gasteiger partial charge is 0.405 e. The number of urea groups is 1. The third kappa shape index (κ3) is 7.61. The molecule has 4 rings (SSSR count). The molecule has 38 heavy (non-hydrogen) atoms. The van der Waals surface area contributed by atoms with Crippen LogP contribution < -0.4 is 21.7 Å². The molecule has 202 valence electrons. The van der Waals surface area contributed by atoms with Gasteiger partial charge in [-0.05, 0) is 72.2 Å². The number of nitrogens with one attached hydrogen (secondary N) is 2. The minimum Gasteiger partial charge on any atom is -0.405 e. The predicted molar refractivity (Wildman–Crippen MR) is 154 cm³/mol. The number of aryl methyl sites for hydroxylation is 1. The predicted octanol–water partition coefficient (Wildman–Crippen LogP) is 5.82. The van der Waals surface area contributed by atoms with E-state index in [4.69, 9.17) is 4.98 Å². The molecular weight excluding hydrogens is 501 g/mol. The summed E-state index contributed by atoms with van der Waals surface area (Å²) in [5.74, 6) is -3.04. The molecule has 5 nitrogen and oxygen atoms in total. The Morgan fingerprint density at radius 2 is 1.76 bits per heavy atom. The van der Waals surface area contributed by atoms with Crippen LogP contribution >= 0.6 is 9.24 Å². The summed E-state index contributed by atoms with van der Waals surface area (Å²) >= 11 is 0. The normalized spacial score (nSPS) is 15.1. The lowest BCUT2D eigenvalue weighted by molar-refractivity contribution is 0.0174. The lowest BCUT2D eigenvalue weighted by Gasteiger charge is -2.36. The van der Waals surface area contributed by atoms with E-state index in [1.165, 1.54) is 18.3 Å². The summed E-state index contributed by atoms with van der Waals surface area (Å²) in [6, 6.07) is 18.1. The van der Waals surface area contributed by atoms with E-state index in [0.29, 0.717) is 23.0 Å². The molecule has 2 amide bonds. The number of hydrogen-bond acceptors (Lipinski definition) is 3. The second-order valence-corrected chi connectivity index (χ2v) is 10.5. The maximum Gasteiger partial charge on any atom is 0.316 e. The van der Waals surface area contributed by atoms with Crippen LogP contribution in [0.25, 0.3) is 0 Å². The Bertz CT molecular complexity index is 1210. The second kappa shape index (κ2) is 13.0. The first kappa shape index (κ1) is 29.2. The number of pyridine rings is 1. The molecule has 0 aliphatic heterocycles. The maximum atomic E-state index is 14.5. The van der Waals surface area contributed by atoms with E-state index in [1.54, 1.807) is 6.20 Å². The number of aromatic nitrogens is 1. The zero-order valence-corrected chi connectivity index (χ0v) is 23.2. The Labute approximate surface area is 226 Å². The third-order valence-electron chi connectivity index (χ3n) is 6.63. The van der Waals surface area contributed by atoms with Crippen LogP contribution in [-0.2, 0) is 17.9 Å². The number of benzene rings is 2. The monoisotopic (exact) mass is 538 g/mol. The molecule has 8 heteroatoms. The quantitative estimate of drug-likeness (QED) is 0.332. The molecule has 0 bridgehead atoms. The van der Waals surface area contributed by atoms with Gasteiger partial charge < -0.3 is 16.4 Å². The minimum absolute atomic E-state index is 0.109. The third-order valence-corrected chi connectivity index (χ3v) is 6.97. The van der Waals surface area contributed by atoms with Crippen molar-refractivity contribution in [2.24, 2.45) is 5.73 Å². The van der Waals surface area contributed by atoms with Crippen molar-refractivity contribution < 1.29 is 13.6 Å². The molecule has 1 heterocycles. The van der Waals surface area contributed by atoms with E-state index >= 15 is 0 Å². The van der Waals surface area contributed by atoms with Crippen LogP contribution in [-0.4, -0.2) is 17.1 Å². The smallest absolute Gasteiger partial charge is 0.316 e. The van der Waals surface area contributed by atoms with Crippen molar-refractivity contribution in [1.82, 2.24) is 15.6 Å². The summed E-state index contributed by atoms with van der Waals surface area (Å²) in [6.45, 7) is 5.97. The van der Waals surface area contributed by atoms with Gasteiger partial charge in [-0.25, -0.2) is 13.6 Å². The molecule has 2 aromatic carbocycles. The standard InChI is InChI=1S/C28H32F2N3OP.C2H5N/c1-19-12-13-25(31-18-19)28(17-20-8-4-3-5-9-20,33-26(34)32-23-10-6-7-11-23)22-14-21(27(2,29)30)15-24(35)16-22;1-2-3/h3-5,8-9,12-16,18,23H,6-7,10-11,17,35H2,1-2H3,(H2,32,33,34);2H,1,3H2. The average Bonchev–Trinajstić information content (AvgIpc) is 3.37. The Hall–Kier alpha value is -3.31. The van der Waals surface area contributed by atoms with Gasteiger partial charge in [-0.3, -0.25) is 4.98 Å². The van der Waals surface area contributed by atoms with Gasteiger partial charge in [-0.15, -0.1) is 9.24 Å². The van der Waals surface area contributed by atoms with Crippen LogP contribution in [0.15, 0.2) is 79.6 Å². The van der Waals surface area contributed by atoms with Gasteiger partial charge in [0.2, 0.25) is 0 Å². The molecule has 1 aliphatic rings. The van der Waals surface area contributed by atoms with E-state index in [-0.39, 0.29) is 17.6 Å². The zero-order chi connectivity index (χ0) is 27.8. The summed E-state index contributed by atoms with van der Waals surface area (Å²) in [5, 5.41) is 6.91. The summed E-state index contributed by atoms with van der Waals surface area (Å²) < 4.78 is 29.0. The number of nitrogens with two attached hydrogens (primary N) is 1. The van der Waals surface area contributed by atoms with Gasteiger partial charge in [0.1, 0.15) is 5.54 Å². The fraction of sp³-hybridized carbons (Fsp3) is 0.333. The van der Waals surface area contributed by atoms with E-state index in [1.807, 2.05) is 55.5 Å². The highest BCUT2D eigenvalue weighted by molar-refractivity contribution is 7.27. The fourth-order valence-electron chi connectivity index (χ4n) is 4.78. The van der Waals surface area contributed by atoms with Crippen molar-refractivity contribution in [3.63, 3.8) is 0 Å². The van der Waals surface area contributed by atoms with Gasteiger partial charge in [0.15, 0.2) is 0 Å². The second-order valence-electron chi connectivity index (χ2n) is 9.84. The van der Waals surface area contributed by atoms with Crippen LogP contribution in [0.3, 0.4) is 0 Å². The Morgan fingerprint density at radius 1 is 1.13 bits per heavy atom. The van der Waals surface area contributed by atoms with Crippen molar-refractivity contribution in [3.05, 3.63) is 108 Å². The van der Waals surface area contributed by atoms with Gasteiger partial charge in [0.05, 0.1) is 5.69 Å². The Balaban J connectivity index is 0.00000127. The molecular formula is C30H37F2N4OP. The van der Waals surface area contributed by atoms with Crippen molar-refractivity contribution in [3.8, 4) is 0 Å². The molecule has 0 saturated heterocycles. The molecule has 0 radical (unpaired) electrons. The van der Waals surface area contributed by atoms with Crippen molar-refractivity contribution in [1.29, 1.82) is 0 Å². The highest BCUT2D eigenvalue weighted by atomic mass is 31.0. The molecule has 1 fully saturated rings. The number of alkyl halides is 2. The van der Waals surface area contributed by atoms with E-state index in [9.17, 15) is 13.6 Å². The number of halogens is 2. The van der Waals surface area contributed by atoms with Gasteiger partial charge in [0.25, 0.3) is 5.92 Å². The number of hydrogen-bond donors (Lipinski definition) is 3. The van der Waals surface area contributed by atoms with E-state index in [2.05, 4.69) is 32.2 Å². The average molecular weight is 539 g/mol. The van der Waals surface area contributed by atoms with Crippen LogP contribution in [0, 0.1) is 6.92 Å². The molecule has 1 saturated carbocycles. The molecule has 3 aromatic rings. The molecule has 2 unspecified atom stereocenters. The number of carbonyl (C=O) groups excluding carboxylic acids is 1. The van der Waals surface area contributed by atoms with Crippen LogP contribution in [0.5, 0.6) is 0 Å². The van der Waals surface area contributed by atoms with Crippen molar-refractivity contribution in [2.75, 3.05) is 0 Å². The van der Waals surface area contributed by atoms with Crippen LogP contribution in [0.1, 0.15) is 60.6 Å². The molecule has 1 aliphatic carbocycles. The summed E-state index contributed by atoms with van der Waals surface area (Å²) in [7, 11) is 2.52. The maximum absolute atomic E-state index is 14.5. The van der Waals surface area contributed by atoms with Gasteiger partial charge in [0, 0.05) is 31.1 Å². The zero-order valence-electron chi connectivity index (χ0n) is 22.0.